The fourth-order valence-corrected chi connectivity index (χ4v) is 3.12. The van der Waals surface area contributed by atoms with E-state index in [9.17, 15) is 0 Å². The maximum atomic E-state index is 6.17. The SMILES string of the molecule is CN(C)C1CCN(Cc2cc3c(cc2N)OCCO3)CC1. The maximum Gasteiger partial charge on any atom is 0.163 e. The second kappa shape index (κ2) is 6.12. The molecule has 0 radical (unpaired) electrons. The predicted molar refractivity (Wildman–Crippen MR) is 83.8 cm³/mol. The second-order valence-electron chi connectivity index (χ2n) is 6.17. The van der Waals surface area contributed by atoms with E-state index in [1.54, 1.807) is 0 Å². The number of likely N-dealkylation sites (tertiary alicyclic amines) is 1. The zero-order valence-corrected chi connectivity index (χ0v) is 13.0. The first-order valence-electron chi connectivity index (χ1n) is 7.70. The van der Waals surface area contributed by atoms with Crippen LogP contribution >= 0.6 is 0 Å². The highest BCUT2D eigenvalue weighted by Crippen LogP contribution is 2.35. The lowest BCUT2D eigenvalue weighted by Gasteiger charge is -2.35. The fraction of sp³-hybridized carbons (Fsp3) is 0.625. The molecule has 1 fully saturated rings. The highest BCUT2D eigenvalue weighted by Gasteiger charge is 2.22. The summed E-state index contributed by atoms with van der Waals surface area (Å²) in [5.41, 5.74) is 8.11. The summed E-state index contributed by atoms with van der Waals surface area (Å²) in [6, 6.07) is 4.65. The molecule has 0 unspecified atom stereocenters. The molecule has 5 nitrogen and oxygen atoms in total. The first-order chi connectivity index (χ1) is 10.1. The van der Waals surface area contributed by atoms with E-state index in [0.29, 0.717) is 19.3 Å². The van der Waals surface area contributed by atoms with Gasteiger partial charge in [0, 0.05) is 24.3 Å². The Morgan fingerprint density at radius 3 is 2.38 bits per heavy atom. The van der Waals surface area contributed by atoms with Gasteiger partial charge < -0.3 is 20.1 Å². The quantitative estimate of drug-likeness (QED) is 0.857. The summed E-state index contributed by atoms with van der Waals surface area (Å²) in [6.45, 7) is 4.35. The van der Waals surface area contributed by atoms with Crippen molar-refractivity contribution in [3.63, 3.8) is 0 Å². The van der Waals surface area contributed by atoms with Crippen molar-refractivity contribution in [2.45, 2.75) is 25.4 Å². The predicted octanol–water partition coefficient (Wildman–Crippen LogP) is 1.57. The Kier molecular flexibility index (Phi) is 4.22. The number of rotatable bonds is 3. The Morgan fingerprint density at radius 1 is 1.14 bits per heavy atom. The minimum absolute atomic E-state index is 0.601. The zero-order chi connectivity index (χ0) is 14.8. The van der Waals surface area contributed by atoms with E-state index >= 15 is 0 Å². The third kappa shape index (κ3) is 3.24. The number of nitrogen functional groups attached to an aromatic ring is 1. The molecule has 2 aliphatic rings. The van der Waals surface area contributed by atoms with E-state index in [1.165, 1.54) is 12.8 Å². The van der Waals surface area contributed by atoms with Gasteiger partial charge in [-0.05, 0) is 51.7 Å². The molecule has 1 aromatic rings. The molecule has 0 atom stereocenters. The van der Waals surface area contributed by atoms with Gasteiger partial charge in [0.2, 0.25) is 0 Å². The third-order valence-corrected chi connectivity index (χ3v) is 4.49. The molecule has 116 valence electrons. The minimum Gasteiger partial charge on any atom is -0.486 e. The number of anilines is 1. The number of nitrogens with two attached hydrogens (primary N) is 1. The maximum absolute atomic E-state index is 6.17. The van der Waals surface area contributed by atoms with Crippen molar-refractivity contribution in [3.05, 3.63) is 17.7 Å². The van der Waals surface area contributed by atoms with Gasteiger partial charge in [-0.15, -0.1) is 0 Å². The molecule has 0 bridgehead atoms. The van der Waals surface area contributed by atoms with Crippen molar-refractivity contribution < 1.29 is 9.47 Å². The van der Waals surface area contributed by atoms with Crippen LogP contribution in [0.1, 0.15) is 18.4 Å². The van der Waals surface area contributed by atoms with Crippen LogP contribution in [0, 0.1) is 0 Å². The van der Waals surface area contributed by atoms with Crippen LogP contribution < -0.4 is 15.2 Å². The lowest BCUT2D eigenvalue weighted by atomic mass is 10.0. The van der Waals surface area contributed by atoms with Crippen molar-refractivity contribution in [1.82, 2.24) is 9.80 Å². The molecule has 0 aliphatic carbocycles. The van der Waals surface area contributed by atoms with Crippen LogP contribution in [0.5, 0.6) is 11.5 Å². The monoisotopic (exact) mass is 291 g/mol. The van der Waals surface area contributed by atoms with Crippen molar-refractivity contribution >= 4 is 5.69 Å². The molecule has 2 aliphatic heterocycles. The summed E-state index contributed by atoms with van der Waals surface area (Å²) in [4.78, 5) is 4.80. The average Bonchev–Trinajstić information content (AvgIpc) is 2.48. The van der Waals surface area contributed by atoms with Crippen LogP contribution in [0.25, 0.3) is 0 Å². The zero-order valence-electron chi connectivity index (χ0n) is 13.0. The van der Waals surface area contributed by atoms with Gasteiger partial charge in [0.05, 0.1) is 0 Å². The van der Waals surface area contributed by atoms with Crippen LogP contribution in [0.4, 0.5) is 5.69 Å². The van der Waals surface area contributed by atoms with Crippen molar-refractivity contribution in [3.8, 4) is 11.5 Å². The summed E-state index contributed by atoms with van der Waals surface area (Å²) in [6.07, 6.45) is 2.44. The molecule has 1 saturated heterocycles. The highest BCUT2D eigenvalue weighted by molar-refractivity contribution is 5.58. The van der Waals surface area contributed by atoms with Gasteiger partial charge in [0.1, 0.15) is 13.2 Å². The van der Waals surface area contributed by atoms with Crippen molar-refractivity contribution in [2.24, 2.45) is 0 Å². The Morgan fingerprint density at radius 2 is 1.76 bits per heavy atom. The van der Waals surface area contributed by atoms with E-state index in [2.05, 4.69) is 23.9 Å². The molecule has 0 aromatic heterocycles. The summed E-state index contributed by atoms with van der Waals surface area (Å²) < 4.78 is 11.2. The molecule has 21 heavy (non-hydrogen) atoms. The van der Waals surface area contributed by atoms with E-state index in [-0.39, 0.29) is 0 Å². The Balaban J connectivity index is 1.65. The van der Waals surface area contributed by atoms with Crippen LogP contribution in [0.2, 0.25) is 0 Å². The molecule has 3 rings (SSSR count). The molecule has 5 heteroatoms. The smallest absolute Gasteiger partial charge is 0.163 e. The van der Waals surface area contributed by atoms with Crippen LogP contribution in [-0.2, 0) is 6.54 Å². The molecule has 1 aromatic carbocycles. The second-order valence-corrected chi connectivity index (χ2v) is 6.17. The fourth-order valence-electron chi connectivity index (χ4n) is 3.12. The highest BCUT2D eigenvalue weighted by atomic mass is 16.6. The number of piperidine rings is 1. The molecule has 0 amide bonds. The van der Waals surface area contributed by atoms with Gasteiger partial charge in [-0.3, -0.25) is 4.90 Å². The van der Waals surface area contributed by atoms with Gasteiger partial charge >= 0.3 is 0 Å². The number of nitrogens with zero attached hydrogens (tertiary/aromatic N) is 2. The van der Waals surface area contributed by atoms with E-state index < -0.39 is 0 Å². The Bertz CT molecular complexity index is 497. The van der Waals surface area contributed by atoms with Gasteiger partial charge in [0.25, 0.3) is 0 Å². The number of hydrogen-bond acceptors (Lipinski definition) is 5. The van der Waals surface area contributed by atoms with Gasteiger partial charge in [-0.25, -0.2) is 0 Å². The molecule has 2 heterocycles. The average molecular weight is 291 g/mol. The molecule has 0 spiro atoms. The minimum atomic E-state index is 0.601. The standard InChI is InChI=1S/C16H25N3O2/c1-18(2)13-3-5-19(6-4-13)11-12-9-15-16(10-14(12)17)21-8-7-20-15/h9-10,13H,3-8,11,17H2,1-2H3. The summed E-state index contributed by atoms with van der Waals surface area (Å²) in [7, 11) is 4.33. The summed E-state index contributed by atoms with van der Waals surface area (Å²) in [5, 5.41) is 0. The molecule has 2 N–H and O–H groups in total. The topological polar surface area (TPSA) is 51.0 Å². The van der Waals surface area contributed by atoms with Gasteiger partial charge in [-0.1, -0.05) is 0 Å². The Hall–Kier alpha value is -1.46. The first-order valence-corrected chi connectivity index (χ1v) is 7.70. The Labute approximate surface area is 126 Å². The summed E-state index contributed by atoms with van der Waals surface area (Å²) >= 11 is 0. The summed E-state index contributed by atoms with van der Waals surface area (Å²) in [5.74, 6) is 1.60. The third-order valence-electron chi connectivity index (χ3n) is 4.49. The molecular weight excluding hydrogens is 266 g/mol. The van der Waals surface area contributed by atoms with Crippen molar-refractivity contribution in [1.29, 1.82) is 0 Å². The normalized spacial score (nSPS) is 20.0. The first kappa shape index (κ1) is 14.5. The van der Waals surface area contributed by atoms with Gasteiger partial charge in [-0.2, -0.15) is 0 Å². The van der Waals surface area contributed by atoms with E-state index in [0.717, 1.165) is 42.4 Å². The van der Waals surface area contributed by atoms with Gasteiger partial charge in [0.15, 0.2) is 11.5 Å². The molecule has 0 saturated carbocycles. The largest absolute Gasteiger partial charge is 0.486 e. The molecular formula is C16H25N3O2. The number of fused-ring (bicyclic) bond motifs is 1. The van der Waals surface area contributed by atoms with Crippen molar-refractivity contribution in [2.75, 3.05) is 46.1 Å². The van der Waals surface area contributed by atoms with E-state index in [4.69, 9.17) is 15.2 Å². The van der Waals surface area contributed by atoms with Crippen LogP contribution in [0.3, 0.4) is 0 Å². The lowest BCUT2D eigenvalue weighted by Crippen LogP contribution is -2.41. The number of benzene rings is 1. The number of hydrogen-bond donors (Lipinski definition) is 1. The van der Waals surface area contributed by atoms with Crippen LogP contribution in [-0.4, -0.2) is 56.2 Å². The van der Waals surface area contributed by atoms with E-state index in [1.807, 2.05) is 12.1 Å². The van der Waals surface area contributed by atoms with Crippen LogP contribution in [0.15, 0.2) is 12.1 Å². The number of ether oxygens (including phenoxy) is 2. The lowest BCUT2D eigenvalue weighted by molar-refractivity contribution is 0.139.